The van der Waals surface area contributed by atoms with Crippen LogP contribution < -0.4 is 0 Å². The third-order valence-electron chi connectivity index (χ3n) is 5.36. The molecule has 0 atom stereocenters. The van der Waals surface area contributed by atoms with E-state index in [4.69, 9.17) is 0 Å². The summed E-state index contributed by atoms with van der Waals surface area (Å²) in [6.45, 7) is 4.10. The van der Waals surface area contributed by atoms with Crippen molar-refractivity contribution < 1.29 is 17.6 Å². The molecule has 3 aromatic carbocycles. The lowest BCUT2D eigenvalue weighted by Gasteiger charge is -2.08. The Labute approximate surface area is 187 Å². The summed E-state index contributed by atoms with van der Waals surface area (Å²) in [5, 5.41) is 0. The molecule has 0 fully saturated rings. The van der Waals surface area contributed by atoms with Crippen LogP contribution in [0.1, 0.15) is 61.8 Å². The largest absolute Gasteiger partial charge is 0.206 e. The van der Waals surface area contributed by atoms with Gasteiger partial charge in [0.05, 0.1) is 11.1 Å². The van der Waals surface area contributed by atoms with Gasteiger partial charge < -0.3 is 0 Å². The maximum Gasteiger partial charge on any atom is 0.142 e. The second-order valence-electron chi connectivity index (χ2n) is 7.90. The Kier molecular flexibility index (Phi) is 8.11. The van der Waals surface area contributed by atoms with Crippen molar-refractivity contribution in [3.8, 4) is 23.0 Å². The number of benzene rings is 3. The third-order valence-corrected chi connectivity index (χ3v) is 5.36. The van der Waals surface area contributed by atoms with Crippen LogP contribution in [-0.4, -0.2) is 0 Å². The number of halogens is 4. The van der Waals surface area contributed by atoms with Crippen LogP contribution in [0.4, 0.5) is 17.6 Å². The van der Waals surface area contributed by atoms with Gasteiger partial charge in [0.1, 0.15) is 23.3 Å². The Morgan fingerprint density at radius 1 is 0.625 bits per heavy atom. The third kappa shape index (κ3) is 5.79. The van der Waals surface area contributed by atoms with Crippen LogP contribution in [0, 0.1) is 35.1 Å². The van der Waals surface area contributed by atoms with Gasteiger partial charge in [-0.2, -0.15) is 0 Å². The lowest BCUT2D eigenvalue weighted by atomic mass is 9.99. The van der Waals surface area contributed by atoms with Crippen LogP contribution in [0.15, 0.2) is 48.5 Å². The van der Waals surface area contributed by atoms with Gasteiger partial charge in [-0.15, -0.1) is 0 Å². The Morgan fingerprint density at radius 3 is 1.69 bits per heavy atom. The highest BCUT2D eigenvalue weighted by Gasteiger charge is 2.14. The molecule has 0 aliphatic rings. The average Bonchev–Trinajstić information content (AvgIpc) is 2.76. The fraction of sp³-hybridized carbons (Fsp3) is 0.286. The number of hydrogen-bond acceptors (Lipinski definition) is 0. The summed E-state index contributed by atoms with van der Waals surface area (Å²) in [6, 6.07) is 11.8. The molecule has 0 aliphatic carbocycles. The molecular formula is C28H26F4. The zero-order chi connectivity index (χ0) is 23.1. The van der Waals surface area contributed by atoms with Gasteiger partial charge in [0, 0.05) is 5.56 Å². The summed E-state index contributed by atoms with van der Waals surface area (Å²) < 4.78 is 58.0. The van der Waals surface area contributed by atoms with E-state index in [9.17, 15) is 17.6 Å². The molecule has 0 saturated carbocycles. The summed E-state index contributed by atoms with van der Waals surface area (Å²) in [7, 11) is 0. The minimum absolute atomic E-state index is 0.0113. The second-order valence-corrected chi connectivity index (χ2v) is 7.90. The quantitative estimate of drug-likeness (QED) is 0.259. The zero-order valence-electron chi connectivity index (χ0n) is 18.4. The van der Waals surface area contributed by atoms with Crippen molar-refractivity contribution in [2.45, 2.75) is 52.4 Å². The molecule has 0 amide bonds. The summed E-state index contributed by atoms with van der Waals surface area (Å²) >= 11 is 0. The van der Waals surface area contributed by atoms with Crippen molar-refractivity contribution >= 4 is 0 Å². The average molecular weight is 439 g/mol. The molecule has 166 valence electrons. The Balaban J connectivity index is 1.86. The topological polar surface area (TPSA) is 0 Å². The lowest BCUT2D eigenvalue weighted by molar-refractivity contribution is 0.572. The number of rotatable bonds is 7. The first-order valence-electron chi connectivity index (χ1n) is 11.0. The van der Waals surface area contributed by atoms with E-state index >= 15 is 0 Å². The van der Waals surface area contributed by atoms with E-state index < -0.39 is 28.8 Å². The van der Waals surface area contributed by atoms with Gasteiger partial charge >= 0.3 is 0 Å². The van der Waals surface area contributed by atoms with Crippen LogP contribution in [-0.2, 0) is 12.8 Å². The predicted molar refractivity (Wildman–Crippen MR) is 121 cm³/mol. The zero-order valence-corrected chi connectivity index (χ0v) is 18.4. The van der Waals surface area contributed by atoms with E-state index in [0.29, 0.717) is 17.5 Å². The molecule has 0 heterocycles. The summed E-state index contributed by atoms with van der Waals surface area (Å²) in [5.74, 6) is 1.78. The van der Waals surface area contributed by atoms with E-state index in [1.165, 1.54) is 12.1 Å². The number of hydrogen-bond donors (Lipinski definition) is 0. The van der Waals surface area contributed by atoms with Crippen LogP contribution in [0.2, 0.25) is 0 Å². The highest BCUT2D eigenvalue weighted by molar-refractivity contribution is 5.66. The molecule has 0 bridgehead atoms. The van der Waals surface area contributed by atoms with E-state index in [2.05, 4.69) is 18.8 Å². The van der Waals surface area contributed by atoms with Crippen molar-refractivity contribution in [1.29, 1.82) is 0 Å². The first-order chi connectivity index (χ1) is 15.4. The standard InChI is InChI=1S/C28H26F4/c1-3-5-7-19-9-12-22(13-10-19)28-26(31)17-21(18-27(28)32)11-14-23-24(29)15-20(8-6-4-2)16-25(23)30/h9-10,12-13,15-18H,3-8H2,1-2H3. The van der Waals surface area contributed by atoms with Gasteiger partial charge in [-0.1, -0.05) is 62.8 Å². The highest BCUT2D eigenvalue weighted by Crippen LogP contribution is 2.28. The van der Waals surface area contributed by atoms with Crippen molar-refractivity contribution in [3.63, 3.8) is 0 Å². The molecule has 0 aromatic heterocycles. The van der Waals surface area contributed by atoms with Gasteiger partial charge in [-0.05, 0) is 66.6 Å². The molecule has 0 radical (unpaired) electrons. The normalized spacial score (nSPS) is 10.7. The molecule has 4 heteroatoms. The van der Waals surface area contributed by atoms with Gasteiger partial charge in [0.15, 0.2) is 0 Å². The van der Waals surface area contributed by atoms with Gasteiger partial charge in [0.2, 0.25) is 0 Å². The molecule has 0 N–H and O–H groups in total. The first-order valence-corrected chi connectivity index (χ1v) is 11.0. The van der Waals surface area contributed by atoms with E-state index in [1.54, 1.807) is 12.1 Å². The van der Waals surface area contributed by atoms with Gasteiger partial charge in [-0.3, -0.25) is 0 Å². The van der Waals surface area contributed by atoms with Crippen molar-refractivity contribution in [3.05, 3.63) is 94.1 Å². The maximum absolute atomic E-state index is 14.7. The van der Waals surface area contributed by atoms with Crippen molar-refractivity contribution in [2.24, 2.45) is 0 Å². The van der Waals surface area contributed by atoms with E-state index in [1.807, 2.05) is 19.1 Å². The molecule has 32 heavy (non-hydrogen) atoms. The van der Waals surface area contributed by atoms with Gasteiger partial charge in [-0.25, -0.2) is 17.6 Å². The summed E-state index contributed by atoms with van der Waals surface area (Å²) in [6.07, 6.45) is 5.37. The monoisotopic (exact) mass is 438 g/mol. The SMILES string of the molecule is CCCCc1ccc(-c2c(F)cc(C#Cc3c(F)cc(CCCC)cc3F)cc2F)cc1. The van der Waals surface area contributed by atoms with Crippen molar-refractivity contribution in [2.75, 3.05) is 0 Å². The minimum atomic E-state index is -0.774. The number of aryl methyl sites for hydroxylation is 2. The van der Waals surface area contributed by atoms with Crippen LogP contribution >= 0.6 is 0 Å². The second kappa shape index (κ2) is 11.0. The van der Waals surface area contributed by atoms with Crippen molar-refractivity contribution in [1.82, 2.24) is 0 Å². The fourth-order valence-corrected chi connectivity index (χ4v) is 3.55. The van der Waals surface area contributed by atoms with Gasteiger partial charge in [0.25, 0.3) is 0 Å². The Bertz CT molecular complexity index is 1090. The molecule has 0 saturated heterocycles. The maximum atomic E-state index is 14.7. The smallest absolute Gasteiger partial charge is 0.142 e. The molecular weight excluding hydrogens is 412 g/mol. The molecule has 3 aromatic rings. The van der Waals surface area contributed by atoms with E-state index in [0.717, 1.165) is 49.8 Å². The Hall–Kier alpha value is -3.06. The minimum Gasteiger partial charge on any atom is -0.206 e. The molecule has 0 unspecified atom stereocenters. The lowest BCUT2D eigenvalue weighted by Crippen LogP contribution is -1.96. The molecule has 3 rings (SSSR count). The fourth-order valence-electron chi connectivity index (χ4n) is 3.55. The van der Waals surface area contributed by atoms with E-state index in [-0.39, 0.29) is 11.1 Å². The van der Waals surface area contributed by atoms with Crippen LogP contribution in [0.5, 0.6) is 0 Å². The Morgan fingerprint density at radius 2 is 1.16 bits per heavy atom. The summed E-state index contributed by atoms with van der Waals surface area (Å²) in [4.78, 5) is 0. The first kappa shape index (κ1) is 23.6. The van der Waals surface area contributed by atoms with Crippen LogP contribution in [0.25, 0.3) is 11.1 Å². The van der Waals surface area contributed by atoms with Crippen LogP contribution in [0.3, 0.4) is 0 Å². The predicted octanol–water partition coefficient (Wildman–Crippen LogP) is 8.00. The molecule has 0 aliphatic heterocycles. The highest BCUT2D eigenvalue weighted by atomic mass is 19.1. The molecule has 0 spiro atoms. The molecule has 0 nitrogen and oxygen atoms in total. The number of unbranched alkanes of at least 4 members (excludes halogenated alkanes) is 2. The summed E-state index contributed by atoms with van der Waals surface area (Å²) in [5.41, 5.74) is 1.57.